The summed E-state index contributed by atoms with van der Waals surface area (Å²) in [5.41, 5.74) is 0.791. The van der Waals surface area contributed by atoms with Gasteiger partial charge < -0.3 is 5.32 Å². The second-order valence-electron chi connectivity index (χ2n) is 3.76. The smallest absolute Gasteiger partial charge is 0.312 e. The van der Waals surface area contributed by atoms with Gasteiger partial charge in [-0.2, -0.15) is 10.4 Å². The normalized spacial score (nSPS) is 9.89. The molecule has 2 rings (SSSR count). The van der Waals surface area contributed by atoms with Gasteiger partial charge in [-0.25, -0.2) is 4.98 Å². The number of rotatable bonds is 4. The summed E-state index contributed by atoms with van der Waals surface area (Å²) in [6, 6.07) is 4.81. The Bertz CT molecular complexity index is 657. The van der Waals surface area contributed by atoms with Gasteiger partial charge >= 0.3 is 5.69 Å². The number of anilines is 1. The quantitative estimate of drug-likeness (QED) is 0.651. The third-order valence-electron chi connectivity index (χ3n) is 2.55. The van der Waals surface area contributed by atoms with Crippen molar-refractivity contribution < 1.29 is 4.92 Å². The minimum Gasteiger partial charge on any atom is -0.359 e. The molecule has 0 aliphatic rings. The highest BCUT2D eigenvalue weighted by Crippen LogP contribution is 2.22. The number of aromatic nitrogens is 3. The van der Waals surface area contributed by atoms with E-state index in [1.807, 2.05) is 6.07 Å². The van der Waals surface area contributed by atoms with Crippen LogP contribution in [0.4, 0.5) is 11.5 Å². The zero-order chi connectivity index (χ0) is 13.8. The number of pyridine rings is 1. The molecule has 0 radical (unpaired) electrons. The first-order chi connectivity index (χ1) is 9.11. The number of nitriles is 1. The number of hydrogen-bond donors (Lipinski definition) is 1. The van der Waals surface area contributed by atoms with Gasteiger partial charge in [0, 0.05) is 25.5 Å². The molecule has 0 unspecified atom stereocenters. The topological polar surface area (TPSA) is 110 Å². The van der Waals surface area contributed by atoms with Crippen LogP contribution in [0, 0.1) is 21.4 Å². The first-order valence-electron chi connectivity index (χ1n) is 5.37. The number of aryl methyl sites for hydroxylation is 1. The van der Waals surface area contributed by atoms with Crippen LogP contribution in [0.2, 0.25) is 0 Å². The van der Waals surface area contributed by atoms with E-state index in [9.17, 15) is 10.1 Å². The van der Waals surface area contributed by atoms with Crippen molar-refractivity contribution in [2.45, 2.75) is 6.54 Å². The standard InChI is InChI=1S/C11H10N6O2/c1-16-9(2-3-15-16)7-14-11-10(17(18)19)4-8(5-12)6-13-11/h2-4,6H,7H2,1H3,(H,13,14). The lowest BCUT2D eigenvalue weighted by molar-refractivity contribution is -0.384. The van der Waals surface area contributed by atoms with Crippen LogP contribution in [0.5, 0.6) is 0 Å². The molecular weight excluding hydrogens is 248 g/mol. The first kappa shape index (κ1) is 12.5. The molecule has 0 bridgehead atoms. The molecule has 0 aromatic carbocycles. The molecule has 2 aromatic rings. The summed E-state index contributed by atoms with van der Waals surface area (Å²) in [6.07, 6.45) is 2.93. The van der Waals surface area contributed by atoms with Gasteiger partial charge in [-0.3, -0.25) is 14.8 Å². The number of nitrogens with one attached hydrogen (secondary N) is 1. The van der Waals surface area contributed by atoms with Crippen molar-refractivity contribution >= 4 is 11.5 Å². The molecule has 8 nitrogen and oxygen atoms in total. The number of nitrogens with zero attached hydrogens (tertiary/aromatic N) is 5. The lowest BCUT2D eigenvalue weighted by Crippen LogP contribution is -2.08. The van der Waals surface area contributed by atoms with Gasteiger partial charge in [-0.1, -0.05) is 0 Å². The van der Waals surface area contributed by atoms with E-state index in [2.05, 4.69) is 15.4 Å². The molecule has 1 N–H and O–H groups in total. The van der Waals surface area contributed by atoms with E-state index in [4.69, 9.17) is 5.26 Å². The summed E-state index contributed by atoms with van der Waals surface area (Å²) < 4.78 is 1.66. The maximum Gasteiger partial charge on any atom is 0.312 e. The van der Waals surface area contributed by atoms with E-state index >= 15 is 0 Å². The van der Waals surface area contributed by atoms with Crippen LogP contribution in [-0.4, -0.2) is 19.7 Å². The summed E-state index contributed by atoms with van der Waals surface area (Å²) in [4.78, 5) is 14.2. The van der Waals surface area contributed by atoms with E-state index in [1.165, 1.54) is 12.3 Å². The maximum absolute atomic E-state index is 10.9. The molecule has 2 heterocycles. The first-order valence-corrected chi connectivity index (χ1v) is 5.37. The van der Waals surface area contributed by atoms with Crippen molar-refractivity contribution in [3.63, 3.8) is 0 Å². The molecule has 8 heteroatoms. The highest BCUT2D eigenvalue weighted by atomic mass is 16.6. The van der Waals surface area contributed by atoms with Gasteiger partial charge in [0.25, 0.3) is 0 Å². The van der Waals surface area contributed by atoms with Crippen LogP contribution in [-0.2, 0) is 13.6 Å². The third kappa shape index (κ3) is 2.66. The molecule has 2 aromatic heterocycles. The predicted octanol–water partition coefficient (Wildman–Crippen LogP) is 1.21. The van der Waals surface area contributed by atoms with E-state index < -0.39 is 4.92 Å². The Morgan fingerprint density at radius 3 is 3.00 bits per heavy atom. The van der Waals surface area contributed by atoms with Crippen LogP contribution >= 0.6 is 0 Å². The van der Waals surface area contributed by atoms with Crippen molar-refractivity contribution in [2.24, 2.45) is 7.05 Å². The Labute approximate surface area is 108 Å². The second-order valence-corrected chi connectivity index (χ2v) is 3.76. The van der Waals surface area contributed by atoms with Crippen molar-refractivity contribution in [3.8, 4) is 6.07 Å². The summed E-state index contributed by atoms with van der Waals surface area (Å²) in [5.74, 6) is 0.130. The molecule has 0 saturated carbocycles. The molecule has 19 heavy (non-hydrogen) atoms. The maximum atomic E-state index is 10.9. The van der Waals surface area contributed by atoms with Gasteiger partial charge in [-0.05, 0) is 6.07 Å². The van der Waals surface area contributed by atoms with Crippen LogP contribution in [0.15, 0.2) is 24.5 Å². The van der Waals surface area contributed by atoms with Crippen LogP contribution in [0.1, 0.15) is 11.3 Å². The molecule has 0 aliphatic heterocycles. The average molecular weight is 258 g/mol. The highest BCUT2D eigenvalue weighted by Gasteiger charge is 2.16. The van der Waals surface area contributed by atoms with Gasteiger partial charge in [-0.15, -0.1) is 0 Å². The van der Waals surface area contributed by atoms with Crippen LogP contribution in [0.3, 0.4) is 0 Å². The summed E-state index contributed by atoms with van der Waals surface area (Å²) >= 11 is 0. The SMILES string of the molecule is Cn1nccc1CNc1ncc(C#N)cc1[N+](=O)[O-]. The Morgan fingerprint density at radius 1 is 1.63 bits per heavy atom. The average Bonchev–Trinajstić information content (AvgIpc) is 2.81. The zero-order valence-electron chi connectivity index (χ0n) is 10.1. The number of hydrogen-bond acceptors (Lipinski definition) is 6. The lowest BCUT2D eigenvalue weighted by Gasteiger charge is -2.06. The van der Waals surface area contributed by atoms with Crippen molar-refractivity contribution in [1.29, 1.82) is 5.26 Å². The van der Waals surface area contributed by atoms with E-state index in [1.54, 1.807) is 24.0 Å². The molecule has 0 fully saturated rings. The monoisotopic (exact) mass is 258 g/mol. The fourth-order valence-corrected chi connectivity index (χ4v) is 1.54. The molecular formula is C11H10N6O2. The Morgan fingerprint density at radius 2 is 2.42 bits per heavy atom. The summed E-state index contributed by atoms with van der Waals surface area (Å²) in [5, 5.41) is 26.5. The van der Waals surface area contributed by atoms with Gasteiger partial charge in [0.2, 0.25) is 5.82 Å². The highest BCUT2D eigenvalue weighted by molar-refractivity contribution is 5.58. The lowest BCUT2D eigenvalue weighted by atomic mass is 10.2. The molecule has 0 amide bonds. The Kier molecular flexibility index (Phi) is 3.38. The van der Waals surface area contributed by atoms with Crippen LogP contribution < -0.4 is 5.32 Å². The third-order valence-corrected chi connectivity index (χ3v) is 2.55. The summed E-state index contributed by atoms with van der Waals surface area (Å²) in [6.45, 7) is 0.357. The molecule has 96 valence electrons. The molecule has 0 saturated heterocycles. The van der Waals surface area contributed by atoms with E-state index in [-0.39, 0.29) is 17.1 Å². The van der Waals surface area contributed by atoms with Gasteiger partial charge in [0.15, 0.2) is 0 Å². The van der Waals surface area contributed by atoms with Crippen molar-refractivity contribution in [1.82, 2.24) is 14.8 Å². The fourth-order valence-electron chi connectivity index (χ4n) is 1.54. The number of nitro groups is 1. The molecule has 0 atom stereocenters. The van der Waals surface area contributed by atoms with Crippen molar-refractivity contribution in [3.05, 3.63) is 45.9 Å². The second kappa shape index (κ2) is 5.14. The van der Waals surface area contributed by atoms with Crippen molar-refractivity contribution in [2.75, 3.05) is 5.32 Å². The van der Waals surface area contributed by atoms with Crippen LogP contribution in [0.25, 0.3) is 0 Å². The van der Waals surface area contributed by atoms with Gasteiger partial charge in [0.1, 0.15) is 6.07 Å². The molecule has 0 spiro atoms. The Hall–Kier alpha value is -2.95. The fraction of sp³-hybridized carbons (Fsp3) is 0.182. The molecule has 0 aliphatic carbocycles. The minimum atomic E-state index is -0.570. The van der Waals surface area contributed by atoms with E-state index in [0.29, 0.717) is 6.54 Å². The zero-order valence-corrected chi connectivity index (χ0v) is 10.1. The van der Waals surface area contributed by atoms with Gasteiger partial charge in [0.05, 0.1) is 22.7 Å². The largest absolute Gasteiger partial charge is 0.359 e. The predicted molar refractivity (Wildman–Crippen MR) is 66.1 cm³/mol. The summed E-state index contributed by atoms with van der Waals surface area (Å²) in [7, 11) is 1.78. The minimum absolute atomic E-state index is 0.130. The van der Waals surface area contributed by atoms with E-state index in [0.717, 1.165) is 5.69 Å². The Balaban J connectivity index is 2.23.